The molecule has 2 aromatic rings. The Morgan fingerprint density at radius 3 is 2.61 bits per heavy atom. The summed E-state index contributed by atoms with van der Waals surface area (Å²) < 4.78 is 0. The molecule has 162 valence electrons. The first-order valence-electron chi connectivity index (χ1n) is 13.0. The van der Waals surface area contributed by atoms with Crippen molar-refractivity contribution in [3.05, 3.63) is 65.3 Å². The van der Waals surface area contributed by atoms with Gasteiger partial charge in [-0.05, 0) is 75.1 Å². The number of hydrogen-bond acceptors (Lipinski definition) is 0. The average molecular weight is 427 g/mol. The zero-order valence-electron chi connectivity index (χ0n) is 19.7. The van der Waals surface area contributed by atoms with Gasteiger partial charge in [0.25, 0.3) is 0 Å². The Balaban J connectivity index is 1.43. The van der Waals surface area contributed by atoms with Crippen LogP contribution in [0.1, 0.15) is 57.6 Å². The van der Waals surface area contributed by atoms with E-state index in [1.165, 1.54) is 36.6 Å². The molecule has 0 radical (unpaired) electrons. The van der Waals surface area contributed by atoms with Crippen molar-refractivity contribution >= 4 is 24.4 Å². The quantitative estimate of drug-likeness (QED) is 0.429. The molecule has 2 fully saturated rings. The molecule has 0 bridgehead atoms. The van der Waals surface area contributed by atoms with Crippen LogP contribution < -0.4 is 0 Å². The van der Waals surface area contributed by atoms with E-state index in [4.69, 9.17) is 0 Å². The Hall–Kier alpha value is -1.60. The van der Waals surface area contributed by atoms with Gasteiger partial charge >= 0.3 is 0 Å². The van der Waals surface area contributed by atoms with E-state index in [0.29, 0.717) is 0 Å². The van der Waals surface area contributed by atoms with Gasteiger partial charge in [-0.15, -0.1) is 0 Å². The third-order valence-electron chi connectivity index (χ3n) is 9.77. The van der Waals surface area contributed by atoms with Gasteiger partial charge in [0.05, 0.1) is 8.07 Å². The summed E-state index contributed by atoms with van der Waals surface area (Å²) in [6.07, 6.45) is 12.3. The summed E-state index contributed by atoms with van der Waals surface area (Å²) in [4.78, 5) is 0. The van der Waals surface area contributed by atoms with Gasteiger partial charge in [0, 0.05) is 0 Å². The summed E-state index contributed by atoms with van der Waals surface area (Å²) >= 11 is 0. The molecular formula is C30H38Si. The smallest absolute Gasteiger partial charge is 0.0578 e. The number of fused-ring (bicyclic) bond motifs is 3. The van der Waals surface area contributed by atoms with Crippen molar-refractivity contribution in [2.45, 2.75) is 76.5 Å². The Labute approximate surface area is 189 Å². The summed E-state index contributed by atoms with van der Waals surface area (Å²) in [6.45, 7) is 7.60. The van der Waals surface area contributed by atoms with E-state index in [1.807, 2.05) is 0 Å². The Bertz CT molecular complexity index is 1060. The minimum absolute atomic E-state index is 0.765. The van der Waals surface area contributed by atoms with Gasteiger partial charge < -0.3 is 0 Å². The molecule has 0 amide bonds. The highest BCUT2D eigenvalue weighted by Gasteiger charge is 2.55. The van der Waals surface area contributed by atoms with Gasteiger partial charge in [-0.1, -0.05) is 107 Å². The van der Waals surface area contributed by atoms with Crippen LogP contribution in [0.5, 0.6) is 0 Å². The maximum atomic E-state index is 2.72. The fourth-order valence-electron chi connectivity index (χ4n) is 8.58. The van der Waals surface area contributed by atoms with Crippen molar-refractivity contribution in [3.8, 4) is 0 Å². The molecule has 1 aliphatic heterocycles. The SMILES string of the molecule is CCC(C)C[Si]1(C2C(C)CC3C4=C(C=CC32)Cc2cccc3cccc4c23)CCCC1. The van der Waals surface area contributed by atoms with Crippen LogP contribution >= 0.6 is 0 Å². The molecule has 4 aliphatic rings. The molecule has 0 spiro atoms. The Morgan fingerprint density at radius 1 is 1.06 bits per heavy atom. The number of benzene rings is 2. The topological polar surface area (TPSA) is 0 Å². The molecule has 2 aromatic carbocycles. The third kappa shape index (κ3) is 2.99. The first-order valence-corrected chi connectivity index (χ1v) is 15.7. The molecule has 6 rings (SSSR count). The lowest BCUT2D eigenvalue weighted by Crippen LogP contribution is -2.42. The van der Waals surface area contributed by atoms with Crippen LogP contribution in [0.2, 0.25) is 23.7 Å². The molecule has 0 aromatic heterocycles. The van der Waals surface area contributed by atoms with Crippen molar-refractivity contribution < 1.29 is 0 Å². The molecule has 1 heteroatoms. The lowest BCUT2D eigenvalue weighted by atomic mass is 9.72. The number of hydrogen-bond donors (Lipinski definition) is 0. The van der Waals surface area contributed by atoms with Crippen LogP contribution in [-0.2, 0) is 6.42 Å². The maximum Gasteiger partial charge on any atom is 0.0578 e. The molecule has 5 atom stereocenters. The van der Waals surface area contributed by atoms with E-state index in [0.717, 1.165) is 35.6 Å². The molecule has 3 aliphatic carbocycles. The normalized spacial score (nSPS) is 31.7. The zero-order chi connectivity index (χ0) is 21.2. The van der Waals surface area contributed by atoms with E-state index < -0.39 is 8.07 Å². The molecule has 1 saturated carbocycles. The first-order chi connectivity index (χ1) is 15.1. The van der Waals surface area contributed by atoms with Gasteiger partial charge in [-0.2, -0.15) is 0 Å². The van der Waals surface area contributed by atoms with Gasteiger partial charge in [-0.25, -0.2) is 0 Å². The lowest BCUT2D eigenvalue weighted by Gasteiger charge is -2.42. The summed E-state index contributed by atoms with van der Waals surface area (Å²) in [6, 6.07) is 18.8. The fourth-order valence-corrected chi connectivity index (χ4v) is 16.3. The average Bonchev–Trinajstić information content (AvgIpc) is 3.37. The van der Waals surface area contributed by atoms with Crippen molar-refractivity contribution in [2.24, 2.45) is 23.7 Å². The second-order valence-corrected chi connectivity index (χ2v) is 16.3. The lowest BCUT2D eigenvalue weighted by molar-refractivity contribution is 0.527. The number of rotatable bonds is 4. The van der Waals surface area contributed by atoms with Crippen molar-refractivity contribution in [3.63, 3.8) is 0 Å². The van der Waals surface area contributed by atoms with Crippen molar-refractivity contribution in [1.29, 1.82) is 0 Å². The highest BCUT2D eigenvalue weighted by atomic mass is 28.3. The minimum Gasteiger partial charge on any atom is -0.0805 e. The second kappa shape index (κ2) is 7.48. The molecule has 0 N–H and O–H groups in total. The predicted molar refractivity (Wildman–Crippen MR) is 137 cm³/mol. The molecule has 31 heavy (non-hydrogen) atoms. The predicted octanol–water partition coefficient (Wildman–Crippen LogP) is 8.65. The Morgan fingerprint density at radius 2 is 1.84 bits per heavy atom. The standard InChI is InChI=1S/C30H38Si/c1-4-20(2)19-31(15-5-6-16-31)30-21(3)17-27-25(30)14-13-24-18-23-11-7-9-22-10-8-12-26(28(22)23)29(24)27/h7-14,20-21,25,27,30H,4-6,15-19H2,1-3H3. The number of allylic oxidation sites excluding steroid dienone is 4. The molecule has 5 unspecified atom stereocenters. The monoisotopic (exact) mass is 426 g/mol. The van der Waals surface area contributed by atoms with Crippen LogP contribution in [0.4, 0.5) is 0 Å². The van der Waals surface area contributed by atoms with Gasteiger partial charge in [0.1, 0.15) is 0 Å². The van der Waals surface area contributed by atoms with E-state index in [-0.39, 0.29) is 0 Å². The molecular weight excluding hydrogens is 388 g/mol. The summed E-state index contributed by atoms with van der Waals surface area (Å²) in [5.74, 6) is 3.40. The molecule has 1 heterocycles. The second-order valence-electron chi connectivity index (χ2n) is 11.5. The van der Waals surface area contributed by atoms with Gasteiger partial charge in [0.15, 0.2) is 0 Å². The molecule has 0 nitrogen and oxygen atoms in total. The van der Waals surface area contributed by atoms with Gasteiger partial charge in [0.2, 0.25) is 0 Å². The van der Waals surface area contributed by atoms with Crippen LogP contribution in [0.3, 0.4) is 0 Å². The maximum absolute atomic E-state index is 2.72. The molecule has 1 saturated heterocycles. The van der Waals surface area contributed by atoms with Crippen LogP contribution in [0.25, 0.3) is 16.3 Å². The van der Waals surface area contributed by atoms with E-state index in [2.05, 4.69) is 69.3 Å². The van der Waals surface area contributed by atoms with Crippen molar-refractivity contribution in [2.75, 3.05) is 0 Å². The fraction of sp³-hybridized carbons (Fsp3) is 0.533. The minimum atomic E-state index is -1.22. The Kier molecular flexibility index (Phi) is 4.83. The summed E-state index contributed by atoms with van der Waals surface area (Å²) in [7, 11) is -1.22. The van der Waals surface area contributed by atoms with E-state index >= 15 is 0 Å². The summed E-state index contributed by atoms with van der Waals surface area (Å²) in [5.41, 5.74) is 7.50. The van der Waals surface area contributed by atoms with Crippen molar-refractivity contribution in [1.82, 2.24) is 0 Å². The van der Waals surface area contributed by atoms with Crippen LogP contribution in [-0.4, -0.2) is 8.07 Å². The largest absolute Gasteiger partial charge is 0.0805 e. The summed E-state index contributed by atoms with van der Waals surface area (Å²) in [5, 5.41) is 3.00. The first kappa shape index (κ1) is 20.0. The van der Waals surface area contributed by atoms with Crippen LogP contribution in [0, 0.1) is 23.7 Å². The third-order valence-corrected chi connectivity index (χ3v) is 16.4. The van der Waals surface area contributed by atoms with Crippen LogP contribution in [0.15, 0.2) is 54.1 Å². The van der Waals surface area contributed by atoms with E-state index in [9.17, 15) is 0 Å². The zero-order valence-corrected chi connectivity index (χ0v) is 20.7. The van der Waals surface area contributed by atoms with E-state index in [1.54, 1.807) is 40.2 Å². The highest BCUT2D eigenvalue weighted by molar-refractivity contribution is 6.82. The highest BCUT2D eigenvalue weighted by Crippen LogP contribution is 2.62. The van der Waals surface area contributed by atoms with Gasteiger partial charge in [-0.3, -0.25) is 0 Å².